The number of hydrogen-bond donors (Lipinski definition) is 1. The van der Waals surface area contributed by atoms with Gasteiger partial charge in [0.15, 0.2) is 0 Å². The van der Waals surface area contributed by atoms with Gasteiger partial charge in [-0.05, 0) is 32.1 Å². The molecule has 1 aliphatic carbocycles. The molecule has 1 nitrogen and oxygen atoms in total. The predicted octanol–water partition coefficient (Wildman–Crippen LogP) is 2.50. The Labute approximate surface area is 69.1 Å². The van der Waals surface area contributed by atoms with Crippen molar-refractivity contribution in [3.63, 3.8) is 0 Å². The Bertz CT molecular complexity index is 147. The van der Waals surface area contributed by atoms with Crippen LogP contribution in [0.25, 0.3) is 0 Å². The van der Waals surface area contributed by atoms with Crippen LogP contribution < -0.4 is 0 Å². The van der Waals surface area contributed by atoms with Crippen molar-refractivity contribution in [3.05, 3.63) is 11.6 Å². The number of rotatable bonds is 1. The summed E-state index contributed by atoms with van der Waals surface area (Å²) in [5, 5.41) is 9.15. The first-order valence-corrected chi connectivity index (χ1v) is 4.59. The Hall–Kier alpha value is -0.300. The van der Waals surface area contributed by atoms with Crippen molar-refractivity contribution in [2.24, 2.45) is 5.92 Å². The monoisotopic (exact) mass is 154 g/mol. The van der Waals surface area contributed by atoms with Crippen LogP contribution in [0.4, 0.5) is 0 Å². The maximum absolute atomic E-state index is 9.15. The van der Waals surface area contributed by atoms with Crippen LogP contribution in [0.1, 0.15) is 39.5 Å². The second-order valence-corrected chi connectivity index (χ2v) is 3.63. The molecule has 0 aromatic carbocycles. The van der Waals surface area contributed by atoms with Crippen LogP contribution in [0.5, 0.6) is 0 Å². The average molecular weight is 154 g/mol. The van der Waals surface area contributed by atoms with Gasteiger partial charge >= 0.3 is 0 Å². The molecule has 0 bridgehead atoms. The van der Waals surface area contributed by atoms with Gasteiger partial charge in [-0.25, -0.2) is 0 Å². The summed E-state index contributed by atoms with van der Waals surface area (Å²) in [5.41, 5.74) is 1.46. The lowest BCUT2D eigenvalue weighted by molar-refractivity contribution is 0.241. The Kier molecular flexibility index (Phi) is 3.13. The summed E-state index contributed by atoms with van der Waals surface area (Å²) in [4.78, 5) is 0. The van der Waals surface area contributed by atoms with Crippen molar-refractivity contribution >= 4 is 0 Å². The number of hydrogen-bond acceptors (Lipinski definition) is 1. The normalized spacial score (nSPS) is 32.3. The summed E-state index contributed by atoms with van der Waals surface area (Å²) in [6.45, 7) is 4.09. The SMILES string of the molecule is CC(O)/C=C1/CCCCC1C. The van der Waals surface area contributed by atoms with Gasteiger partial charge in [-0.15, -0.1) is 0 Å². The molecule has 0 radical (unpaired) electrons. The molecule has 1 fully saturated rings. The van der Waals surface area contributed by atoms with Crippen LogP contribution >= 0.6 is 0 Å². The van der Waals surface area contributed by atoms with E-state index in [1.165, 1.54) is 31.3 Å². The summed E-state index contributed by atoms with van der Waals surface area (Å²) in [7, 11) is 0. The molecule has 0 spiro atoms. The number of aliphatic hydroxyl groups is 1. The van der Waals surface area contributed by atoms with Gasteiger partial charge in [0.2, 0.25) is 0 Å². The maximum atomic E-state index is 9.15. The third-order valence-corrected chi connectivity index (χ3v) is 2.44. The van der Waals surface area contributed by atoms with Crippen molar-refractivity contribution < 1.29 is 5.11 Å². The number of allylic oxidation sites excluding steroid dienone is 1. The minimum Gasteiger partial charge on any atom is -0.389 e. The molecule has 0 saturated heterocycles. The van der Waals surface area contributed by atoms with E-state index in [-0.39, 0.29) is 6.10 Å². The summed E-state index contributed by atoms with van der Waals surface area (Å²) in [6.07, 6.45) is 6.93. The van der Waals surface area contributed by atoms with E-state index < -0.39 is 0 Å². The van der Waals surface area contributed by atoms with E-state index in [0.717, 1.165) is 0 Å². The highest BCUT2D eigenvalue weighted by atomic mass is 16.3. The Morgan fingerprint density at radius 3 is 2.82 bits per heavy atom. The Morgan fingerprint density at radius 1 is 1.55 bits per heavy atom. The molecule has 2 unspecified atom stereocenters. The molecule has 1 saturated carbocycles. The molecular formula is C10H18O. The lowest BCUT2D eigenvalue weighted by atomic mass is 9.85. The molecule has 0 aromatic heterocycles. The van der Waals surface area contributed by atoms with Crippen molar-refractivity contribution in [1.82, 2.24) is 0 Å². The largest absolute Gasteiger partial charge is 0.389 e. The van der Waals surface area contributed by atoms with E-state index in [2.05, 4.69) is 6.92 Å². The van der Waals surface area contributed by atoms with Gasteiger partial charge in [-0.2, -0.15) is 0 Å². The minimum absolute atomic E-state index is 0.259. The van der Waals surface area contributed by atoms with Gasteiger partial charge < -0.3 is 5.11 Å². The molecule has 1 heteroatoms. The highest BCUT2D eigenvalue weighted by molar-refractivity contribution is 5.09. The van der Waals surface area contributed by atoms with Crippen molar-refractivity contribution in [1.29, 1.82) is 0 Å². The Morgan fingerprint density at radius 2 is 2.27 bits per heavy atom. The van der Waals surface area contributed by atoms with Gasteiger partial charge in [0.25, 0.3) is 0 Å². The van der Waals surface area contributed by atoms with Crippen molar-refractivity contribution in [3.8, 4) is 0 Å². The molecule has 0 amide bonds. The van der Waals surface area contributed by atoms with Crippen LogP contribution in [0, 0.1) is 5.92 Å². The molecule has 0 aromatic rings. The van der Waals surface area contributed by atoms with E-state index in [1.807, 2.05) is 13.0 Å². The molecule has 1 N–H and O–H groups in total. The van der Waals surface area contributed by atoms with Gasteiger partial charge in [-0.3, -0.25) is 0 Å². The highest BCUT2D eigenvalue weighted by Gasteiger charge is 2.13. The predicted molar refractivity (Wildman–Crippen MR) is 47.4 cm³/mol. The summed E-state index contributed by atoms with van der Waals surface area (Å²) >= 11 is 0. The first-order chi connectivity index (χ1) is 5.20. The topological polar surface area (TPSA) is 20.2 Å². The number of aliphatic hydroxyl groups excluding tert-OH is 1. The summed E-state index contributed by atoms with van der Waals surface area (Å²) in [6, 6.07) is 0. The van der Waals surface area contributed by atoms with Crippen LogP contribution in [0.3, 0.4) is 0 Å². The smallest absolute Gasteiger partial charge is 0.0695 e. The van der Waals surface area contributed by atoms with E-state index in [9.17, 15) is 0 Å². The first-order valence-electron chi connectivity index (χ1n) is 4.59. The summed E-state index contributed by atoms with van der Waals surface area (Å²) in [5.74, 6) is 0.707. The third kappa shape index (κ3) is 2.66. The molecule has 0 aliphatic heterocycles. The Balaban J connectivity index is 2.53. The van der Waals surface area contributed by atoms with Crippen LogP contribution in [-0.2, 0) is 0 Å². The van der Waals surface area contributed by atoms with E-state index >= 15 is 0 Å². The maximum Gasteiger partial charge on any atom is 0.0695 e. The zero-order valence-electron chi connectivity index (χ0n) is 7.51. The highest BCUT2D eigenvalue weighted by Crippen LogP contribution is 2.28. The van der Waals surface area contributed by atoms with Crippen LogP contribution in [0.2, 0.25) is 0 Å². The second kappa shape index (κ2) is 3.91. The minimum atomic E-state index is -0.259. The lowest BCUT2D eigenvalue weighted by Crippen LogP contribution is -2.08. The molecule has 11 heavy (non-hydrogen) atoms. The fourth-order valence-electron chi connectivity index (χ4n) is 1.77. The molecule has 1 aliphatic rings. The van der Waals surface area contributed by atoms with Gasteiger partial charge in [-0.1, -0.05) is 25.0 Å². The molecule has 2 atom stereocenters. The van der Waals surface area contributed by atoms with E-state index in [0.29, 0.717) is 5.92 Å². The van der Waals surface area contributed by atoms with Crippen LogP contribution in [0.15, 0.2) is 11.6 Å². The fraction of sp³-hybridized carbons (Fsp3) is 0.800. The first kappa shape index (κ1) is 8.79. The molecule has 1 rings (SSSR count). The van der Waals surface area contributed by atoms with Gasteiger partial charge in [0.1, 0.15) is 0 Å². The fourth-order valence-corrected chi connectivity index (χ4v) is 1.77. The van der Waals surface area contributed by atoms with Crippen molar-refractivity contribution in [2.75, 3.05) is 0 Å². The lowest BCUT2D eigenvalue weighted by Gasteiger charge is -2.22. The third-order valence-electron chi connectivity index (χ3n) is 2.44. The van der Waals surface area contributed by atoms with Gasteiger partial charge in [0, 0.05) is 0 Å². The molecular weight excluding hydrogens is 136 g/mol. The standard InChI is InChI=1S/C10H18O/c1-8-5-3-4-6-10(8)7-9(2)11/h7-9,11H,3-6H2,1-2H3/b10-7-. The van der Waals surface area contributed by atoms with Gasteiger partial charge in [0.05, 0.1) is 6.10 Å². The molecule has 0 heterocycles. The zero-order valence-corrected chi connectivity index (χ0v) is 7.51. The van der Waals surface area contributed by atoms with E-state index in [4.69, 9.17) is 5.11 Å². The average Bonchev–Trinajstić information content (AvgIpc) is 1.93. The zero-order chi connectivity index (χ0) is 8.27. The van der Waals surface area contributed by atoms with Crippen molar-refractivity contribution in [2.45, 2.75) is 45.6 Å². The summed E-state index contributed by atoms with van der Waals surface area (Å²) < 4.78 is 0. The molecule has 64 valence electrons. The van der Waals surface area contributed by atoms with E-state index in [1.54, 1.807) is 0 Å². The second-order valence-electron chi connectivity index (χ2n) is 3.63. The quantitative estimate of drug-likeness (QED) is 0.575. The van der Waals surface area contributed by atoms with Crippen LogP contribution in [-0.4, -0.2) is 11.2 Å².